The van der Waals surface area contributed by atoms with E-state index in [9.17, 15) is 4.79 Å². The summed E-state index contributed by atoms with van der Waals surface area (Å²) in [6.07, 6.45) is -0.0890. The summed E-state index contributed by atoms with van der Waals surface area (Å²) in [5.74, 6) is 1.49. The van der Waals surface area contributed by atoms with Crippen LogP contribution >= 0.6 is 0 Å². The van der Waals surface area contributed by atoms with Crippen molar-refractivity contribution in [2.24, 2.45) is 0 Å². The van der Waals surface area contributed by atoms with E-state index in [0.717, 1.165) is 28.3 Å². The largest absolute Gasteiger partial charge is 0.486 e. The van der Waals surface area contributed by atoms with Crippen molar-refractivity contribution in [3.05, 3.63) is 53.6 Å². The number of hydrogen-bond donors (Lipinski definition) is 1. The fourth-order valence-electron chi connectivity index (χ4n) is 3.06. The van der Waals surface area contributed by atoms with Crippen molar-refractivity contribution in [1.82, 2.24) is 4.90 Å². The van der Waals surface area contributed by atoms with Crippen LogP contribution in [0.5, 0.6) is 11.5 Å². The Morgan fingerprint density at radius 3 is 2.56 bits per heavy atom. The van der Waals surface area contributed by atoms with Crippen molar-refractivity contribution in [1.29, 1.82) is 0 Å². The number of hydrogen-bond acceptors (Lipinski definition) is 4. The predicted octanol–water partition coefficient (Wildman–Crippen LogP) is 3.01. The number of aryl methyl sites for hydroxylation is 2. The lowest BCUT2D eigenvalue weighted by molar-refractivity contribution is -0.117. The summed E-state index contributed by atoms with van der Waals surface area (Å²) < 4.78 is 11.6. The molecule has 1 heterocycles. The third-order valence-corrected chi connectivity index (χ3v) is 4.00. The maximum absolute atomic E-state index is 12.3. The number of para-hydroxylation sites is 2. The van der Waals surface area contributed by atoms with Crippen molar-refractivity contribution in [3.8, 4) is 11.5 Å². The van der Waals surface area contributed by atoms with Gasteiger partial charge < -0.3 is 14.8 Å². The van der Waals surface area contributed by atoms with Crippen LogP contribution in [0.2, 0.25) is 0 Å². The predicted molar refractivity (Wildman–Crippen MR) is 98.4 cm³/mol. The highest BCUT2D eigenvalue weighted by Crippen LogP contribution is 2.30. The lowest BCUT2D eigenvalue weighted by Gasteiger charge is -2.29. The molecule has 2 aromatic rings. The van der Waals surface area contributed by atoms with E-state index < -0.39 is 0 Å². The highest BCUT2D eigenvalue weighted by atomic mass is 16.6. The van der Waals surface area contributed by atoms with Crippen molar-refractivity contribution >= 4 is 11.6 Å². The molecule has 0 saturated carbocycles. The first-order chi connectivity index (χ1) is 12.0. The molecule has 1 atom stereocenters. The molecular weight excluding hydrogens is 316 g/mol. The summed E-state index contributed by atoms with van der Waals surface area (Å²) in [6.45, 7) is 5.45. The molecule has 0 aromatic heterocycles. The molecule has 1 unspecified atom stereocenters. The smallest absolute Gasteiger partial charge is 0.238 e. The van der Waals surface area contributed by atoms with Crippen LogP contribution in [-0.4, -0.2) is 43.7 Å². The van der Waals surface area contributed by atoms with E-state index in [0.29, 0.717) is 19.7 Å². The zero-order valence-electron chi connectivity index (χ0n) is 14.9. The molecule has 0 radical (unpaired) electrons. The monoisotopic (exact) mass is 340 g/mol. The standard InChI is InChI=1S/C20H24N2O3/c1-14-8-15(2)10-16(9-14)21-20(23)12-22(3)11-17-13-24-18-6-4-5-7-19(18)25-17/h4-10,17H,11-13H2,1-3H3,(H,21,23). The second kappa shape index (κ2) is 7.57. The fourth-order valence-corrected chi connectivity index (χ4v) is 3.06. The Hall–Kier alpha value is -2.53. The molecule has 2 aromatic carbocycles. The van der Waals surface area contributed by atoms with Crippen LogP contribution in [0.1, 0.15) is 11.1 Å². The van der Waals surface area contributed by atoms with Gasteiger partial charge in [-0.2, -0.15) is 0 Å². The van der Waals surface area contributed by atoms with Crippen LogP contribution in [0.4, 0.5) is 5.69 Å². The van der Waals surface area contributed by atoms with Gasteiger partial charge in [-0.25, -0.2) is 0 Å². The lowest BCUT2D eigenvalue weighted by atomic mass is 10.1. The molecule has 0 bridgehead atoms. The zero-order chi connectivity index (χ0) is 17.8. The number of nitrogens with one attached hydrogen (secondary N) is 1. The third kappa shape index (κ3) is 4.73. The van der Waals surface area contributed by atoms with Gasteiger partial charge in [-0.1, -0.05) is 18.2 Å². The minimum Gasteiger partial charge on any atom is -0.486 e. The number of fused-ring (bicyclic) bond motifs is 1. The van der Waals surface area contributed by atoms with Crippen LogP contribution in [0, 0.1) is 13.8 Å². The molecular formula is C20H24N2O3. The Balaban J connectivity index is 1.51. The maximum atomic E-state index is 12.3. The lowest BCUT2D eigenvalue weighted by Crippen LogP contribution is -2.42. The minimum atomic E-state index is -0.0890. The van der Waals surface area contributed by atoms with Crippen LogP contribution in [-0.2, 0) is 4.79 Å². The summed E-state index contributed by atoms with van der Waals surface area (Å²) in [7, 11) is 1.91. The Labute approximate surface area is 148 Å². The molecule has 1 aliphatic heterocycles. The number of ether oxygens (including phenoxy) is 2. The third-order valence-electron chi connectivity index (χ3n) is 4.00. The molecule has 3 rings (SSSR count). The van der Waals surface area contributed by atoms with Crippen molar-refractivity contribution in [3.63, 3.8) is 0 Å². The maximum Gasteiger partial charge on any atom is 0.238 e. The summed E-state index contributed by atoms with van der Waals surface area (Å²) in [6, 6.07) is 13.7. The molecule has 25 heavy (non-hydrogen) atoms. The molecule has 1 amide bonds. The first kappa shape index (κ1) is 17.3. The van der Waals surface area contributed by atoms with E-state index in [1.54, 1.807) is 0 Å². The van der Waals surface area contributed by atoms with Gasteiger partial charge in [-0.05, 0) is 56.3 Å². The molecule has 1 N–H and O–H groups in total. The quantitative estimate of drug-likeness (QED) is 0.909. The zero-order valence-corrected chi connectivity index (χ0v) is 14.9. The first-order valence-corrected chi connectivity index (χ1v) is 8.45. The van der Waals surface area contributed by atoms with Crippen LogP contribution in [0.3, 0.4) is 0 Å². The highest BCUT2D eigenvalue weighted by molar-refractivity contribution is 5.92. The number of carbonyl (C=O) groups is 1. The van der Waals surface area contributed by atoms with E-state index in [1.807, 2.05) is 62.2 Å². The second-order valence-electron chi connectivity index (χ2n) is 6.62. The van der Waals surface area contributed by atoms with Gasteiger partial charge in [-0.15, -0.1) is 0 Å². The van der Waals surface area contributed by atoms with Crippen molar-refractivity contribution in [2.45, 2.75) is 20.0 Å². The average molecular weight is 340 g/mol. The number of carbonyl (C=O) groups excluding carboxylic acids is 1. The van der Waals surface area contributed by atoms with Gasteiger partial charge in [0.2, 0.25) is 5.91 Å². The molecule has 132 valence electrons. The average Bonchev–Trinajstić information content (AvgIpc) is 2.53. The number of rotatable bonds is 5. The molecule has 0 spiro atoms. The molecule has 5 heteroatoms. The highest BCUT2D eigenvalue weighted by Gasteiger charge is 2.22. The van der Waals surface area contributed by atoms with Gasteiger partial charge in [0.15, 0.2) is 11.5 Å². The van der Waals surface area contributed by atoms with E-state index in [4.69, 9.17) is 9.47 Å². The number of amides is 1. The summed E-state index contributed by atoms with van der Waals surface area (Å²) in [4.78, 5) is 14.2. The van der Waals surface area contributed by atoms with Gasteiger partial charge in [0, 0.05) is 12.2 Å². The Morgan fingerprint density at radius 2 is 1.84 bits per heavy atom. The summed E-state index contributed by atoms with van der Waals surface area (Å²) >= 11 is 0. The molecule has 1 aliphatic rings. The second-order valence-corrected chi connectivity index (χ2v) is 6.62. The Kier molecular flexibility index (Phi) is 5.24. The minimum absolute atomic E-state index is 0.0374. The number of benzene rings is 2. The fraction of sp³-hybridized carbons (Fsp3) is 0.350. The van der Waals surface area contributed by atoms with Gasteiger partial charge in [0.25, 0.3) is 0 Å². The molecule has 0 saturated heterocycles. The molecule has 0 aliphatic carbocycles. The normalized spacial score (nSPS) is 15.9. The van der Waals surface area contributed by atoms with E-state index in [1.165, 1.54) is 0 Å². The van der Waals surface area contributed by atoms with Gasteiger partial charge >= 0.3 is 0 Å². The number of anilines is 1. The molecule has 0 fully saturated rings. The van der Waals surface area contributed by atoms with E-state index >= 15 is 0 Å². The van der Waals surface area contributed by atoms with Gasteiger partial charge in [0.1, 0.15) is 12.7 Å². The Bertz CT molecular complexity index is 740. The SMILES string of the molecule is Cc1cc(C)cc(NC(=O)CN(C)CC2COc3ccccc3O2)c1. The number of nitrogens with zero attached hydrogens (tertiary/aromatic N) is 1. The van der Waals surface area contributed by atoms with E-state index in [2.05, 4.69) is 11.4 Å². The van der Waals surface area contributed by atoms with Crippen LogP contribution in [0.15, 0.2) is 42.5 Å². The van der Waals surface area contributed by atoms with Gasteiger partial charge in [0.05, 0.1) is 6.54 Å². The molecule has 5 nitrogen and oxygen atoms in total. The Morgan fingerprint density at radius 1 is 1.16 bits per heavy atom. The topological polar surface area (TPSA) is 50.8 Å². The van der Waals surface area contributed by atoms with Crippen molar-refractivity contribution < 1.29 is 14.3 Å². The van der Waals surface area contributed by atoms with Crippen LogP contribution < -0.4 is 14.8 Å². The van der Waals surface area contributed by atoms with E-state index in [-0.39, 0.29) is 12.0 Å². The summed E-state index contributed by atoms with van der Waals surface area (Å²) in [5, 5.41) is 2.95. The van der Waals surface area contributed by atoms with Gasteiger partial charge in [-0.3, -0.25) is 9.69 Å². The van der Waals surface area contributed by atoms with Crippen LogP contribution in [0.25, 0.3) is 0 Å². The number of likely N-dealkylation sites (N-methyl/N-ethyl adjacent to an activating group) is 1. The van der Waals surface area contributed by atoms with Crippen molar-refractivity contribution in [2.75, 3.05) is 32.1 Å². The summed E-state index contributed by atoms with van der Waals surface area (Å²) in [5.41, 5.74) is 3.10. The first-order valence-electron chi connectivity index (χ1n) is 8.45.